The van der Waals surface area contributed by atoms with E-state index in [1.807, 2.05) is 25.1 Å². The molecule has 5 heteroatoms. The second-order valence-corrected chi connectivity index (χ2v) is 4.66. The number of rotatable bonds is 2. The molecule has 3 heterocycles. The van der Waals surface area contributed by atoms with Crippen molar-refractivity contribution in [1.29, 1.82) is 0 Å². The number of aromatic nitrogens is 3. The van der Waals surface area contributed by atoms with E-state index in [0.717, 1.165) is 43.2 Å². The molecular formula is C13H16N4O. The summed E-state index contributed by atoms with van der Waals surface area (Å²) < 4.78 is 5.36. The summed E-state index contributed by atoms with van der Waals surface area (Å²) in [7, 11) is 0. The van der Waals surface area contributed by atoms with Crippen LogP contribution in [0.2, 0.25) is 0 Å². The van der Waals surface area contributed by atoms with Crippen molar-refractivity contribution in [3.63, 3.8) is 0 Å². The summed E-state index contributed by atoms with van der Waals surface area (Å²) in [6.45, 7) is 3.95. The topological polar surface area (TPSA) is 63.8 Å². The molecule has 5 nitrogen and oxygen atoms in total. The lowest BCUT2D eigenvalue weighted by atomic mass is 10.00. The highest BCUT2D eigenvalue weighted by atomic mass is 16.5. The third kappa shape index (κ3) is 2.26. The third-order valence-corrected chi connectivity index (χ3v) is 3.21. The van der Waals surface area contributed by atoms with Gasteiger partial charge in [-0.25, -0.2) is 4.98 Å². The first-order valence-corrected chi connectivity index (χ1v) is 6.31. The fourth-order valence-electron chi connectivity index (χ4n) is 2.24. The lowest BCUT2D eigenvalue weighted by molar-refractivity contribution is 0.322. The summed E-state index contributed by atoms with van der Waals surface area (Å²) >= 11 is 0. The number of hydrogen-bond acceptors (Lipinski definition) is 5. The van der Waals surface area contributed by atoms with Crippen LogP contribution in [-0.2, 0) is 0 Å². The number of pyridine rings is 1. The Morgan fingerprint density at radius 2 is 2.28 bits per heavy atom. The molecule has 3 rings (SSSR count). The molecule has 0 spiro atoms. The van der Waals surface area contributed by atoms with Gasteiger partial charge >= 0.3 is 0 Å². The normalized spacial score (nSPS) is 19.9. The highest BCUT2D eigenvalue weighted by Crippen LogP contribution is 2.23. The zero-order chi connectivity index (χ0) is 12.4. The van der Waals surface area contributed by atoms with Crippen LogP contribution in [0.4, 0.5) is 0 Å². The molecule has 1 aliphatic rings. The molecule has 1 unspecified atom stereocenters. The predicted molar refractivity (Wildman–Crippen MR) is 67.1 cm³/mol. The van der Waals surface area contributed by atoms with Gasteiger partial charge in [0.25, 0.3) is 0 Å². The predicted octanol–water partition coefficient (Wildman–Crippen LogP) is 1.91. The summed E-state index contributed by atoms with van der Waals surface area (Å²) in [4.78, 5) is 8.87. The molecular weight excluding hydrogens is 228 g/mol. The van der Waals surface area contributed by atoms with E-state index in [-0.39, 0.29) is 0 Å². The number of nitrogens with one attached hydrogen (secondary N) is 1. The zero-order valence-electron chi connectivity index (χ0n) is 10.4. The van der Waals surface area contributed by atoms with Gasteiger partial charge in [0.1, 0.15) is 5.69 Å². The highest BCUT2D eigenvalue weighted by Gasteiger charge is 2.21. The van der Waals surface area contributed by atoms with Crippen molar-refractivity contribution in [2.75, 3.05) is 13.1 Å². The minimum absolute atomic E-state index is 0.338. The maximum atomic E-state index is 5.36. The molecule has 94 valence electrons. The van der Waals surface area contributed by atoms with Gasteiger partial charge in [-0.15, -0.1) is 0 Å². The van der Waals surface area contributed by atoms with Crippen molar-refractivity contribution in [1.82, 2.24) is 20.4 Å². The van der Waals surface area contributed by atoms with Crippen LogP contribution >= 0.6 is 0 Å². The first-order chi connectivity index (χ1) is 8.83. The first kappa shape index (κ1) is 11.3. The monoisotopic (exact) mass is 244 g/mol. The van der Waals surface area contributed by atoms with Gasteiger partial charge < -0.3 is 9.84 Å². The molecule has 1 atom stereocenters. The standard InChI is InChI=1S/C13H16N4O/c1-9-4-2-6-11(15-9)12-16-13(18-17-12)10-5-3-7-14-8-10/h2,4,6,10,14H,3,5,7-8H2,1H3. The van der Waals surface area contributed by atoms with Crippen LogP contribution in [-0.4, -0.2) is 28.2 Å². The summed E-state index contributed by atoms with van der Waals surface area (Å²) in [5.74, 6) is 1.64. The second-order valence-electron chi connectivity index (χ2n) is 4.66. The van der Waals surface area contributed by atoms with E-state index >= 15 is 0 Å². The zero-order valence-corrected chi connectivity index (χ0v) is 10.4. The lowest BCUT2D eigenvalue weighted by Gasteiger charge is -2.18. The van der Waals surface area contributed by atoms with Gasteiger partial charge in [0.2, 0.25) is 11.7 Å². The molecule has 1 N–H and O–H groups in total. The van der Waals surface area contributed by atoms with E-state index < -0.39 is 0 Å². The quantitative estimate of drug-likeness (QED) is 0.874. The number of hydrogen-bond donors (Lipinski definition) is 1. The van der Waals surface area contributed by atoms with Gasteiger partial charge in [-0.1, -0.05) is 11.2 Å². The molecule has 2 aromatic heterocycles. The summed E-state index contributed by atoms with van der Waals surface area (Å²) in [5.41, 5.74) is 1.73. The molecule has 1 fully saturated rings. The molecule has 0 bridgehead atoms. The van der Waals surface area contributed by atoms with Crippen LogP contribution in [0.5, 0.6) is 0 Å². The van der Waals surface area contributed by atoms with Gasteiger partial charge in [0, 0.05) is 12.2 Å². The Bertz CT molecular complexity index is 531. The lowest BCUT2D eigenvalue weighted by Crippen LogP contribution is -2.28. The van der Waals surface area contributed by atoms with Gasteiger partial charge in [0.05, 0.1) is 5.92 Å². The minimum atomic E-state index is 0.338. The fourth-order valence-corrected chi connectivity index (χ4v) is 2.24. The Morgan fingerprint density at radius 3 is 3.06 bits per heavy atom. The average molecular weight is 244 g/mol. The van der Waals surface area contributed by atoms with Crippen LogP contribution in [0, 0.1) is 6.92 Å². The maximum absolute atomic E-state index is 5.36. The number of nitrogens with zero attached hydrogens (tertiary/aromatic N) is 3. The van der Waals surface area contributed by atoms with Crippen molar-refractivity contribution in [2.24, 2.45) is 0 Å². The Hall–Kier alpha value is -1.75. The van der Waals surface area contributed by atoms with E-state index in [4.69, 9.17) is 4.52 Å². The van der Waals surface area contributed by atoms with Crippen molar-refractivity contribution < 1.29 is 4.52 Å². The van der Waals surface area contributed by atoms with Crippen LogP contribution in [0.25, 0.3) is 11.5 Å². The average Bonchev–Trinajstić information content (AvgIpc) is 2.89. The van der Waals surface area contributed by atoms with Crippen molar-refractivity contribution in [2.45, 2.75) is 25.7 Å². The van der Waals surface area contributed by atoms with E-state index in [2.05, 4.69) is 20.4 Å². The third-order valence-electron chi connectivity index (χ3n) is 3.21. The summed E-state index contributed by atoms with van der Waals surface area (Å²) in [6.07, 6.45) is 2.26. The summed E-state index contributed by atoms with van der Waals surface area (Å²) in [5, 5.41) is 7.37. The van der Waals surface area contributed by atoms with Gasteiger partial charge in [-0.05, 0) is 38.4 Å². The molecule has 1 aliphatic heterocycles. The molecule has 1 saturated heterocycles. The molecule has 18 heavy (non-hydrogen) atoms. The van der Waals surface area contributed by atoms with Gasteiger partial charge in [0.15, 0.2) is 0 Å². The van der Waals surface area contributed by atoms with E-state index in [1.54, 1.807) is 0 Å². The molecule has 0 saturated carbocycles. The van der Waals surface area contributed by atoms with Gasteiger partial charge in [-0.2, -0.15) is 4.98 Å². The Balaban J connectivity index is 1.84. The maximum Gasteiger partial charge on any atom is 0.231 e. The molecule has 0 radical (unpaired) electrons. The second kappa shape index (κ2) is 4.86. The van der Waals surface area contributed by atoms with Crippen molar-refractivity contribution in [3.8, 4) is 11.5 Å². The molecule has 2 aromatic rings. The smallest absolute Gasteiger partial charge is 0.231 e. The number of aryl methyl sites for hydroxylation is 1. The fraction of sp³-hybridized carbons (Fsp3) is 0.462. The minimum Gasteiger partial charge on any atom is -0.339 e. The van der Waals surface area contributed by atoms with E-state index in [9.17, 15) is 0 Å². The van der Waals surface area contributed by atoms with Crippen molar-refractivity contribution >= 4 is 0 Å². The van der Waals surface area contributed by atoms with Crippen LogP contribution < -0.4 is 5.32 Å². The Labute approximate surface area is 106 Å². The van der Waals surface area contributed by atoms with Crippen LogP contribution in [0.1, 0.15) is 30.3 Å². The SMILES string of the molecule is Cc1cccc(-c2noc(C3CCCNC3)n2)n1. The van der Waals surface area contributed by atoms with Crippen LogP contribution in [0.15, 0.2) is 22.7 Å². The Morgan fingerprint density at radius 1 is 1.33 bits per heavy atom. The molecule has 0 amide bonds. The van der Waals surface area contributed by atoms with Crippen LogP contribution in [0.3, 0.4) is 0 Å². The molecule has 0 aliphatic carbocycles. The van der Waals surface area contributed by atoms with Gasteiger partial charge in [-0.3, -0.25) is 0 Å². The van der Waals surface area contributed by atoms with E-state index in [0.29, 0.717) is 11.7 Å². The largest absolute Gasteiger partial charge is 0.339 e. The molecule has 0 aromatic carbocycles. The van der Waals surface area contributed by atoms with Crippen molar-refractivity contribution in [3.05, 3.63) is 29.8 Å². The Kier molecular flexibility index (Phi) is 3.06. The highest BCUT2D eigenvalue weighted by molar-refractivity contribution is 5.48. The van der Waals surface area contributed by atoms with E-state index in [1.165, 1.54) is 0 Å². The summed E-state index contributed by atoms with van der Waals surface area (Å²) in [6, 6.07) is 5.81. The first-order valence-electron chi connectivity index (χ1n) is 6.31. The number of piperidine rings is 1.